The van der Waals surface area contributed by atoms with E-state index >= 15 is 0 Å². The zero-order chi connectivity index (χ0) is 4.41. The summed E-state index contributed by atoms with van der Waals surface area (Å²) in [5.74, 6) is 0. The van der Waals surface area contributed by atoms with Crippen LogP contribution in [0.5, 0.6) is 0 Å². The number of nitrogens with zero attached hydrogens (tertiary/aromatic N) is 1. The molecule has 2 heteroatoms. The first-order chi connectivity index (χ1) is 2.89. The molecule has 1 rings (SSSR count). The first-order valence-corrected chi connectivity index (χ1v) is 2.18. The van der Waals surface area contributed by atoms with Gasteiger partial charge in [0.25, 0.3) is 0 Å². The monoisotopic (exact) mass is 167 g/mol. The second-order valence-electron chi connectivity index (χ2n) is 1.61. The van der Waals surface area contributed by atoms with Crippen molar-refractivity contribution in [3.8, 4) is 0 Å². The third-order valence-corrected chi connectivity index (χ3v) is 0.930. The number of hydrogen-bond acceptors (Lipinski definition) is 0. The summed E-state index contributed by atoms with van der Waals surface area (Å²) in [7, 11) is 0. The quantitative estimate of drug-likeness (QED) is 0.383. The topological polar surface area (TPSA) is 14.1 Å². The van der Waals surface area contributed by atoms with Crippen molar-refractivity contribution in [3.05, 3.63) is 17.0 Å². The van der Waals surface area contributed by atoms with E-state index in [-0.39, 0.29) is 58.2 Å². The summed E-state index contributed by atoms with van der Waals surface area (Å²) < 4.78 is 0. The standard InChI is InChI=1S/C5H8N.Rb/c1-5-2-3-6-4-5;/h2H,3-4H2,1H3;/q-1;+1. The Labute approximate surface area is 93.3 Å². The van der Waals surface area contributed by atoms with Crippen LogP contribution in [-0.4, -0.2) is 13.1 Å². The van der Waals surface area contributed by atoms with Crippen LogP contribution in [0.25, 0.3) is 5.32 Å². The minimum absolute atomic E-state index is 0. The average molecular weight is 168 g/mol. The van der Waals surface area contributed by atoms with Crippen molar-refractivity contribution in [2.75, 3.05) is 13.1 Å². The SMILES string of the molecule is CC1=CC[N-]C1.[Rb+]. The zero-order valence-electron chi connectivity index (χ0n) is 4.94. The fraction of sp³-hybridized carbons (Fsp3) is 0.600. The van der Waals surface area contributed by atoms with Crippen LogP contribution >= 0.6 is 0 Å². The maximum atomic E-state index is 4.07. The predicted molar refractivity (Wildman–Crippen MR) is 26.8 cm³/mol. The maximum absolute atomic E-state index is 4.07. The Morgan fingerprint density at radius 2 is 2.43 bits per heavy atom. The summed E-state index contributed by atoms with van der Waals surface area (Å²) in [5.41, 5.74) is 1.41. The Bertz CT molecular complexity index is 78.1. The molecule has 34 valence electrons. The van der Waals surface area contributed by atoms with Crippen LogP contribution in [0.3, 0.4) is 0 Å². The van der Waals surface area contributed by atoms with Gasteiger partial charge in [0.1, 0.15) is 0 Å². The molecule has 1 heterocycles. The summed E-state index contributed by atoms with van der Waals surface area (Å²) in [6.07, 6.45) is 2.15. The third-order valence-electron chi connectivity index (χ3n) is 0.930. The number of rotatable bonds is 0. The molecule has 0 amide bonds. The normalized spacial score (nSPS) is 18.1. The van der Waals surface area contributed by atoms with Gasteiger partial charge in [-0.3, -0.25) is 0 Å². The molecule has 0 aliphatic carbocycles. The summed E-state index contributed by atoms with van der Waals surface area (Å²) in [6, 6.07) is 0. The van der Waals surface area contributed by atoms with E-state index in [0.29, 0.717) is 0 Å². The van der Waals surface area contributed by atoms with Crippen molar-refractivity contribution in [2.24, 2.45) is 0 Å². The van der Waals surface area contributed by atoms with Crippen molar-refractivity contribution < 1.29 is 58.2 Å². The number of hydrogen-bond donors (Lipinski definition) is 0. The van der Waals surface area contributed by atoms with Gasteiger partial charge in [0.2, 0.25) is 0 Å². The molecule has 0 N–H and O–H groups in total. The largest absolute Gasteiger partial charge is 1.00 e. The summed E-state index contributed by atoms with van der Waals surface area (Å²) >= 11 is 0. The van der Waals surface area contributed by atoms with Gasteiger partial charge < -0.3 is 5.32 Å². The Morgan fingerprint density at radius 1 is 1.71 bits per heavy atom. The third kappa shape index (κ3) is 3.14. The molecule has 0 spiro atoms. The molecule has 1 aliphatic heterocycles. The minimum Gasteiger partial charge on any atom is -0.655 e. The van der Waals surface area contributed by atoms with E-state index in [0.717, 1.165) is 13.1 Å². The van der Waals surface area contributed by atoms with Gasteiger partial charge in [-0.1, -0.05) is 5.57 Å². The van der Waals surface area contributed by atoms with Gasteiger partial charge in [-0.25, -0.2) is 0 Å². The first kappa shape index (κ1) is 8.51. The van der Waals surface area contributed by atoms with E-state index in [4.69, 9.17) is 0 Å². The van der Waals surface area contributed by atoms with Crippen LogP contribution < -0.4 is 58.2 Å². The van der Waals surface area contributed by atoms with E-state index in [1.807, 2.05) is 0 Å². The van der Waals surface area contributed by atoms with E-state index in [2.05, 4.69) is 18.3 Å². The van der Waals surface area contributed by atoms with E-state index in [1.165, 1.54) is 5.57 Å². The molecular formula is C5H8NRb. The van der Waals surface area contributed by atoms with Crippen LogP contribution in [0, 0.1) is 0 Å². The maximum Gasteiger partial charge on any atom is 1.00 e. The molecule has 0 saturated carbocycles. The molecule has 0 saturated heterocycles. The predicted octanol–water partition coefficient (Wildman–Crippen LogP) is -1.68. The molecule has 0 aromatic rings. The summed E-state index contributed by atoms with van der Waals surface area (Å²) in [5, 5.41) is 4.07. The molecule has 0 aromatic heterocycles. The Hall–Kier alpha value is 1.51. The Kier molecular flexibility index (Phi) is 5.33. The van der Waals surface area contributed by atoms with Crippen molar-refractivity contribution >= 4 is 0 Å². The Balaban J connectivity index is 0.000000360. The fourth-order valence-corrected chi connectivity index (χ4v) is 0.526. The van der Waals surface area contributed by atoms with Gasteiger partial charge in [-0.15, -0.1) is 19.2 Å². The van der Waals surface area contributed by atoms with Gasteiger partial charge >= 0.3 is 58.2 Å². The summed E-state index contributed by atoms with van der Waals surface area (Å²) in [6.45, 7) is 4.03. The minimum atomic E-state index is 0. The van der Waals surface area contributed by atoms with Crippen LogP contribution in [0.4, 0.5) is 0 Å². The Morgan fingerprint density at radius 3 is 2.57 bits per heavy atom. The van der Waals surface area contributed by atoms with Crippen LogP contribution in [0.15, 0.2) is 11.6 Å². The van der Waals surface area contributed by atoms with Crippen molar-refractivity contribution in [2.45, 2.75) is 6.92 Å². The van der Waals surface area contributed by atoms with Gasteiger partial charge in [-0.2, -0.15) is 0 Å². The molecule has 0 radical (unpaired) electrons. The molecule has 0 aromatic carbocycles. The zero-order valence-corrected chi connectivity index (χ0v) is 9.85. The van der Waals surface area contributed by atoms with E-state index < -0.39 is 0 Å². The van der Waals surface area contributed by atoms with Gasteiger partial charge in [0.15, 0.2) is 0 Å². The van der Waals surface area contributed by atoms with E-state index in [1.54, 1.807) is 0 Å². The van der Waals surface area contributed by atoms with Crippen molar-refractivity contribution in [1.82, 2.24) is 0 Å². The van der Waals surface area contributed by atoms with Crippen LogP contribution in [-0.2, 0) is 0 Å². The molecule has 0 fully saturated rings. The molecule has 0 atom stereocenters. The van der Waals surface area contributed by atoms with Crippen molar-refractivity contribution in [3.63, 3.8) is 0 Å². The molecule has 0 unspecified atom stereocenters. The smallest absolute Gasteiger partial charge is 0.655 e. The van der Waals surface area contributed by atoms with Gasteiger partial charge in [0, 0.05) is 0 Å². The fourth-order valence-electron chi connectivity index (χ4n) is 0.526. The molecule has 7 heavy (non-hydrogen) atoms. The van der Waals surface area contributed by atoms with Crippen LogP contribution in [0.2, 0.25) is 0 Å². The molecule has 0 bridgehead atoms. The first-order valence-electron chi connectivity index (χ1n) is 2.18. The van der Waals surface area contributed by atoms with Gasteiger partial charge in [0.05, 0.1) is 0 Å². The van der Waals surface area contributed by atoms with Gasteiger partial charge in [-0.05, 0) is 6.92 Å². The molecule has 1 aliphatic rings. The average Bonchev–Trinajstić information content (AvgIpc) is 1.86. The molecule has 1 nitrogen and oxygen atoms in total. The van der Waals surface area contributed by atoms with Crippen molar-refractivity contribution in [1.29, 1.82) is 0 Å². The second kappa shape index (κ2) is 4.39. The van der Waals surface area contributed by atoms with E-state index in [9.17, 15) is 0 Å². The van der Waals surface area contributed by atoms with Crippen LogP contribution in [0.1, 0.15) is 6.92 Å². The summed E-state index contributed by atoms with van der Waals surface area (Å²) in [4.78, 5) is 0. The second-order valence-corrected chi connectivity index (χ2v) is 1.61. The molecular weight excluding hydrogens is 160 g/mol.